The van der Waals surface area contributed by atoms with Crippen LogP contribution in [-0.2, 0) is 11.3 Å². The third-order valence-electron chi connectivity index (χ3n) is 4.92. The molecule has 0 fully saturated rings. The fraction of sp³-hybridized carbons (Fsp3) is 0.286. The van der Waals surface area contributed by atoms with Crippen molar-refractivity contribution in [2.24, 2.45) is 0 Å². The number of fused-ring (bicyclic) bond motifs is 3. The zero-order chi connectivity index (χ0) is 17.2. The lowest BCUT2D eigenvalue weighted by molar-refractivity contribution is -0.116. The fourth-order valence-electron chi connectivity index (χ4n) is 3.66. The molecule has 0 unspecified atom stereocenters. The van der Waals surface area contributed by atoms with Crippen LogP contribution in [0.25, 0.3) is 21.8 Å². The molecule has 128 valence electrons. The molecule has 1 aliphatic heterocycles. The van der Waals surface area contributed by atoms with Crippen LogP contribution in [0.4, 0.5) is 5.69 Å². The predicted molar refractivity (Wildman–Crippen MR) is 104 cm³/mol. The maximum Gasteiger partial charge on any atom is 0.225 e. The van der Waals surface area contributed by atoms with Crippen molar-refractivity contribution < 1.29 is 4.79 Å². The molecule has 0 aliphatic carbocycles. The molecular formula is C21H23N3O. The standard InChI is InChI=1S/C21H23N3O/c1-2-24-19-8-4-3-7-17(19)18-15-16(9-10-20(18)24)22-21(25)11-14-23-12-5-6-13-23/h3-10,15H,2,11-14H2,1H3,(H,22,25). The number of amides is 1. The average molecular weight is 333 g/mol. The van der Waals surface area contributed by atoms with Crippen molar-refractivity contribution in [1.82, 2.24) is 9.47 Å². The second-order valence-corrected chi connectivity index (χ2v) is 6.52. The second kappa shape index (κ2) is 6.73. The summed E-state index contributed by atoms with van der Waals surface area (Å²) in [5, 5.41) is 5.48. The molecule has 1 amide bonds. The summed E-state index contributed by atoms with van der Waals surface area (Å²) < 4.78 is 2.32. The molecule has 4 rings (SSSR count). The summed E-state index contributed by atoms with van der Waals surface area (Å²) >= 11 is 0. The third kappa shape index (κ3) is 3.05. The van der Waals surface area contributed by atoms with Gasteiger partial charge in [-0.15, -0.1) is 0 Å². The van der Waals surface area contributed by atoms with Gasteiger partial charge < -0.3 is 9.88 Å². The number of carbonyl (C=O) groups excluding carboxylic acids is 1. The minimum atomic E-state index is 0.0745. The predicted octanol–water partition coefficient (Wildman–Crippen LogP) is 4.01. The largest absolute Gasteiger partial charge is 0.341 e. The molecule has 1 aromatic heterocycles. The van der Waals surface area contributed by atoms with E-state index in [1.54, 1.807) is 0 Å². The number of aryl methyl sites for hydroxylation is 1. The van der Waals surface area contributed by atoms with E-state index in [0.29, 0.717) is 6.42 Å². The van der Waals surface area contributed by atoms with Gasteiger partial charge in [0.1, 0.15) is 0 Å². The van der Waals surface area contributed by atoms with E-state index in [1.807, 2.05) is 6.07 Å². The van der Waals surface area contributed by atoms with Gasteiger partial charge in [-0.25, -0.2) is 0 Å². The first-order chi connectivity index (χ1) is 12.3. The average Bonchev–Trinajstić information content (AvgIpc) is 3.25. The highest BCUT2D eigenvalue weighted by Gasteiger charge is 2.12. The molecular weight excluding hydrogens is 310 g/mol. The lowest BCUT2D eigenvalue weighted by atomic mass is 10.1. The summed E-state index contributed by atoms with van der Waals surface area (Å²) in [7, 11) is 0. The van der Waals surface area contributed by atoms with Crippen LogP contribution in [0.5, 0.6) is 0 Å². The van der Waals surface area contributed by atoms with E-state index in [0.717, 1.165) is 31.9 Å². The van der Waals surface area contributed by atoms with Crippen molar-refractivity contribution in [2.75, 3.05) is 25.0 Å². The molecule has 25 heavy (non-hydrogen) atoms. The van der Waals surface area contributed by atoms with E-state index in [9.17, 15) is 4.79 Å². The molecule has 4 heteroatoms. The number of hydrogen-bond acceptors (Lipinski definition) is 2. The lowest BCUT2D eigenvalue weighted by Crippen LogP contribution is -2.25. The van der Waals surface area contributed by atoms with Gasteiger partial charge in [0.05, 0.1) is 0 Å². The summed E-state index contributed by atoms with van der Waals surface area (Å²) in [6.07, 6.45) is 4.82. The number of benzene rings is 2. The summed E-state index contributed by atoms with van der Waals surface area (Å²) in [5.74, 6) is 0.0745. The number of anilines is 1. The minimum Gasteiger partial charge on any atom is -0.341 e. The highest BCUT2D eigenvalue weighted by molar-refractivity contribution is 6.09. The number of nitrogens with zero attached hydrogens (tertiary/aromatic N) is 2. The van der Waals surface area contributed by atoms with Crippen LogP contribution in [0.2, 0.25) is 0 Å². The van der Waals surface area contributed by atoms with E-state index in [4.69, 9.17) is 0 Å². The fourth-order valence-corrected chi connectivity index (χ4v) is 3.66. The SMILES string of the molecule is CCn1c2ccccc2c2cc(NC(=O)CCN3CC=CC3)ccc21. The maximum atomic E-state index is 12.3. The molecule has 4 nitrogen and oxygen atoms in total. The van der Waals surface area contributed by atoms with Crippen molar-refractivity contribution in [3.63, 3.8) is 0 Å². The Morgan fingerprint density at radius 1 is 1.04 bits per heavy atom. The normalized spacial score (nSPS) is 14.6. The molecule has 0 spiro atoms. The molecule has 0 atom stereocenters. The highest BCUT2D eigenvalue weighted by Crippen LogP contribution is 2.30. The van der Waals surface area contributed by atoms with Crippen LogP contribution in [0, 0.1) is 0 Å². The van der Waals surface area contributed by atoms with Gasteiger partial charge in [-0.2, -0.15) is 0 Å². The van der Waals surface area contributed by atoms with E-state index >= 15 is 0 Å². The van der Waals surface area contributed by atoms with Gasteiger partial charge in [0, 0.05) is 60.1 Å². The van der Waals surface area contributed by atoms with Gasteiger partial charge in [0.2, 0.25) is 5.91 Å². The third-order valence-corrected chi connectivity index (χ3v) is 4.92. The van der Waals surface area contributed by atoms with Gasteiger partial charge in [-0.05, 0) is 31.2 Å². The zero-order valence-corrected chi connectivity index (χ0v) is 14.5. The summed E-state index contributed by atoms with van der Waals surface area (Å²) in [6, 6.07) is 14.7. The molecule has 0 bridgehead atoms. The number of hydrogen-bond donors (Lipinski definition) is 1. The minimum absolute atomic E-state index is 0.0745. The molecule has 0 saturated carbocycles. The molecule has 0 radical (unpaired) electrons. The smallest absolute Gasteiger partial charge is 0.225 e. The number of para-hydroxylation sites is 1. The Labute approximate surface area is 147 Å². The van der Waals surface area contributed by atoms with Crippen molar-refractivity contribution in [2.45, 2.75) is 19.9 Å². The van der Waals surface area contributed by atoms with Crippen molar-refractivity contribution in [3.8, 4) is 0 Å². The molecule has 0 saturated heterocycles. The first-order valence-corrected chi connectivity index (χ1v) is 8.94. The molecule has 2 heterocycles. The number of aromatic nitrogens is 1. The second-order valence-electron chi connectivity index (χ2n) is 6.52. The van der Waals surface area contributed by atoms with Gasteiger partial charge in [0.25, 0.3) is 0 Å². The van der Waals surface area contributed by atoms with E-state index in [-0.39, 0.29) is 5.91 Å². The van der Waals surface area contributed by atoms with Crippen LogP contribution in [0.15, 0.2) is 54.6 Å². The maximum absolute atomic E-state index is 12.3. The Bertz CT molecular complexity index is 946. The van der Waals surface area contributed by atoms with Crippen LogP contribution < -0.4 is 5.32 Å². The molecule has 3 aromatic rings. The lowest BCUT2D eigenvalue weighted by Gasteiger charge is -2.14. The summed E-state index contributed by atoms with van der Waals surface area (Å²) in [5.41, 5.74) is 3.32. The van der Waals surface area contributed by atoms with Gasteiger partial charge in [0.15, 0.2) is 0 Å². The topological polar surface area (TPSA) is 37.3 Å². The van der Waals surface area contributed by atoms with E-state index in [1.165, 1.54) is 21.8 Å². The Balaban J connectivity index is 1.56. The first kappa shape index (κ1) is 15.9. The summed E-state index contributed by atoms with van der Waals surface area (Å²) in [6.45, 7) is 5.80. The Hall–Kier alpha value is -2.59. The van der Waals surface area contributed by atoms with E-state index in [2.05, 4.69) is 70.3 Å². The Morgan fingerprint density at radius 3 is 2.60 bits per heavy atom. The highest BCUT2D eigenvalue weighted by atomic mass is 16.1. The van der Waals surface area contributed by atoms with Crippen LogP contribution in [-0.4, -0.2) is 35.0 Å². The number of rotatable bonds is 5. The van der Waals surface area contributed by atoms with E-state index < -0.39 is 0 Å². The molecule has 2 aromatic carbocycles. The number of nitrogens with one attached hydrogen (secondary N) is 1. The Morgan fingerprint density at radius 2 is 1.80 bits per heavy atom. The van der Waals surface area contributed by atoms with Crippen LogP contribution >= 0.6 is 0 Å². The van der Waals surface area contributed by atoms with Crippen LogP contribution in [0.3, 0.4) is 0 Å². The molecule has 1 aliphatic rings. The first-order valence-electron chi connectivity index (χ1n) is 8.94. The monoisotopic (exact) mass is 333 g/mol. The summed E-state index contributed by atoms with van der Waals surface area (Å²) in [4.78, 5) is 14.5. The van der Waals surface area contributed by atoms with Gasteiger partial charge >= 0.3 is 0 Å². The van der Waals surface area contributed by atoms with Gasteiger partial charge in [-0.1, -0.05) is 30.4 Å². The zero-order valence-electron chi connectivity index (χ0n) is 14.5. The quantitative estimate of drug-likeness (QED) is 0.716. The van der Waals surface area contributed by atoms with Crippen molar-refractivity contribution in [3.05, 3.63) is 54.6 Å². The van der Waals surface area contributed by atoms with Crippen LogP contribution in [0.1, 0.15) is 13.3 Å². The number of carbonyl (C=O) groups is 1. The Kier molecular flexibility index (Phi) is 4.28. The van der Waals surface area contributed by atoms with Crippen molar-refractivity contribution >= 4 is 33.4 Å². The van der Waals surface area contributed by atoms with Crippen molar-refractivity contribution in [1.29, 1.82) is 0 Å². The molecule has 1 N–H and O–H groups in total. The van der Waals surface area contributed by atoms with Gasteiger partial charge in [-0.3, -0.25) is 9.69 Å².